The Balaban J connectivity index is 0.000000941. The number of carbonyl (C=O) groups excluding carboxylic acids is 1. The Labute approximate surface area is 170 Å². The number of carboxylic acid groups (broad SMARTS) is 1. The topological polar surface area (TPSA) is 81.1 Å². The zero-order valence-corrected chi connectivity index (χ0v) is 16.9. The molecule has 6 nitrogen and oxygen atoms in total. The number of likely N-dealkylation sites (tertiary alicyclic amines) is 2. The number of hydrogen-bond acceptors (Lipinski definition) is 4. The summed E-state index contributed by atoms with van der Waals surface area (Å²) in [6.45, 7) is 2.31. The number of aliphatic hydroxyl groups excluding tert-OH is 1. The molecule has 3 rings (SSSR count). The third kappa shape index (κ3) is 6.84. The van der Waals surface area contributed by atoms with Crippen LogP contribution in [0.4, 0.5) is 13.2 Å². The highest BCUT2D eigenvalue weighted by atomic mass is 19.4. The van der Waals surface area contributed by atoms with Crippen LogP contribution in [0.25, 0.3) is 0 Å². The minimum Gasteiger partial charge on any atom is -0.483 e. The quantitative estimate of drug-likeness (QED) is 0.684. The maximum Gasteiger partial charge on any atom is 0.389 e. The van der Waals surface area contributed by atoms with Crippen LogP contribution in [0, 0.1) is 5.41 Å². The van der Waals surface area contributed by atoms with E-state index < -0.39 is 31.0 Å². The maximum absolute atomic E-state index is 12.4. The molecule has 168 valence electrons. The molecule has 2 aliphatic heterocycles. The standard InChI is InChI=1S/C19H31F3N2O2.CH2O2/c20-19(21,22)10-7-17(26)24-11-4-9-18(14-24)13-23(12-8-16(18)25)15-5-2-1-3-6-15;2-1-3/h15-16,25H,1-14H2;1H,(H,2,3)/t16-,18-;/m1./s1. The molecule has 2 saturated heterocycles. The second-order valence-electron chi connectivity index (χ2n) is 8.57. The fraction of sp³-hybridized carbons (Fsp3) is 0.900. The molecular formula is C20H33F3N2O4. The first-order valence-corrected chi connectivity index (χ1v) is 10.6. The van der Waals surface area contributed by atoms with Crippen LogP contribution < -0.4 is 0 Å². The monoisotopic (exact) mass is 422 g/mol. The van der Waals surface area contributed by atoms with Crippen molar-refractivity contribution in [3.8, 4) is 0 Å². The van der Waals surface area contributed by atoms with Crippen molar-refractivity contribution in [1.29, 1.82) is 0 Å². The van der Waals surface area contributed by atoms with Crippen LogP contribution in [-0.4, -0.2) is 76.9 Å². The highest BCUT2D eigenvalue weighted by molar-refractivity contribution is 5.76. The number of amides is 1. The van der Waals surface area contributed by atoms with Gasteiger partial charge < -0.3 is 15.1 Å². The van der Waals surface area contributed by atoms with Crippen LogP contribution in [-0.2, 0) is 9.59 Å². The van der Waals surface area contributed by atoms with Gasteiger partial charge in [0.2, 0.25) is 5.91 Å². The van der Waals surface area contributed by atoms with Gasteiger partial charge in [-0.1, -0.05) is 19.3 Å². The smallest absolute Gasteiger partial charge is 0.389 e. The third-order valence-corrected chi connectivity index (χ3v) is 6.59. The summed E-state index contributed by atoms with van der Waals surface area (Å²) in [5.74, 6) is -0.427. The fourth-order valence-corrected chi connectivity index (χ4v) is 5.12. The first kappa shape index (κ1) is 23.9. The van der Waals surface area contributed by atoms with Crippen molar-refractivity contribution in [2.24, 2.45) is 5.41 Å². The van der Waals surface area contributed by atoms with E-state index in [4.69, 9.17) is 9.90 Å². The number of nitrogens with zero attached hydrogens (tertiary/aromatic N) is 2. The molecule has 1 spiro atoms. The second kappa shape index (κ2) is 10.6. The molecule has 1 saturated carbocycles. The highest BCUT2D eigenvalue weighted by Crippen LogP contribution is 2.41. The molecule has 3 aliphatic rings. The lowest BCUT2D eigenvalue weighted by Crippen LogP contribution is -2.61. The zero-order chi connectivity index (χ0) is 21.5. The van der Waals surface area contributed by atoms with Gasteiger partial charge in [0.15, 0.2) is 0 Å². The molecule has 3 fully saturated rings. The summed E-state index contributed by atoms with van der Waals surface area (Å²) >= 11 is 0. The zero-order valence-electron chi connectivity index (χ0n) is 16.9. The van der Waals surface area contributed by atoms with Crippen molar-refractivity contribution < 1.29 is 33.0 Å². The molecule has 2 atom stereocenters. The summed E-state index contributed by atoms with van der Waals surface area (Å²) in [7, 11) is 0. The van der Waals surface area contributed by atoms with Gasteiger partial charge in [0.05, 0.1) is 12.5 Å². The van der Waals surface area contributed by atoms with E-state index >= 15 is 0 Å². The van der Waals surface area contributed by atoms with Gasteiger partial charge >= 0.3 is 6.18 Å². The van der Waals surface area contributed by atoms with Crippen molar-refractivity contribution in [3.63, 3.8) is 0 Å². The Morgan fingerprint density at radius 3 is 2.34 bits per heavy atom. The van der Waals surface area contributed by atoms with Crippen molar-refractivity contribution in [2.75, 3.05) is 26.2 Å². The predicted octanol–water partition coefficient (Wildman–Crippen LogP) is 3.04. The van der Waals surface area contributed by atoms with E-state index in [9.17, 15) is 23.1 Å². The van der Waals surface area contributed by atoms with Gasteiger partial charge in [0.25, 0.3) is 6.47 Å². The van der Waals surface area contributed by atoms with Crippen LogP contribution in [0.2, 0.25) is 0 Å². The number of aliphatic hydroxyl groups is 1. The van der Waals surface area contributed by atoms with Gasteiger partial charge in [0.1, 0.15) is 0 Å². The third-order valence-electron chi connectivity index (χ3n) is 6.59. The van der Waals surface area contributed by atoms with Gasteiger partial charge in [-0.2, -0.15) is 13.2 Å². The molecule has 0 unspecified atom stereocenters. The number of rotatable bonds is 3. The molecule has 0 aromatic rings. The lowest BCUT2D eigenvalue weighted by molar-refractivity contribution is -0.155. The molecule has 0 radical (unpaired) electrons. The molecule has 0 aromatic heterocycles. The van der Waals surface area contributed by atoms with Crippen LogP contribution in [0.1, 0.15) is 64.2 Å². The predicted molar refractivity (Wildman–Crippen MR) is 101 cm³/mol. The molecule has 0 aromatic carbocycles. The summed E-state index contributed by atoms with van der Waals surface area (Å²) in [6, 6.07) is 0.560. The van der Waals surface area contributed by atoms with Crippen molar-refractivity contribution in [1.82, 2.24) is 9.80 Å². The van der Waals surface area contributed by atoms with E-state index in [-0.39, 0.29) is 11.9 Å². The maximum atomic E-state index is 12.4. The van der Waals surface area contributed by atoms with Crippen LogP contribution in [0.15, 0.2) is 0 Å². The lowest BCUT2D eigenvalue weighted by atomic mass is 9.70. The SMILES string of the molecule is O=C(CCC(F)(F)F)N1CCC[C@]2(C1)CN(C1CCCCC1)CC[C@H]2O.O=CO. The number of carbonyl (C=O) groups is 2. The van der Waals surface area contributed by atoms with E-state index in [1.54, 1.807) is 4.90 Å². The van der Waals surface area contributed by atoms with Gasteiger partial charge in [-0.15, -0.1) is 0 Å². The first-order valence-electron chi connectivity index (χ1n) is 10.6. The molecule has 1 aliphatic carbocycles. The average molecular weight is 422 g/mol. The molecule has 2 heterocycles. The molecular weight excluding hydrogens is 389 g/mol. The number of alkyl halides is 3. The minimum atomic E-state index is -4.30. The largest absolute Gasteiger partial charge is 0.483 e. The Bertz CT molecular complexity index is 540. The Morgan fingerprint density at radius 1 is 1.07 bits per heavy atom. The molecule has 0 bridgehead atoms. The van der Waals surface area contributed by atoms with Gasteiger partial charge in [-0.25, -0.2) is 0 Å². The van der Waals surface area contributed by atoms with E-state index in [1.807, 2.05) is 0 Å². The molecule has 9 heteroatoms. The summed E-state index contributed by atoms with van der Waals surface area (Å²) in [6.07, 6.45) is 2.16. The number of hydrogen-bond donors (Lipinski definition) is 2. The second-order valence-corrected chi connectivity index (χ2v) is 8.57. The number of halogens is 3. The van der Waals surface area contributed by atoms with Gasteiger partial charge in [0, 0.05) is 44.1 Å². The fourth-order valence-electron chi connectivity index (χ4n) is 5.12. The Kier molecular flexibility index (Phi) is 8.75. The first-order chi connectivity index (χ1) is 13.7. The average Bonchev–Trinajstić information content (AvgIpc) is 2.69. The summed E-state index contributed by atoms with van der Waals surface area (Å²) in [4.78, 5) is 24.7. The molecule has 29 heavy (non-hydrogen) atoms. The Hall–Kier alpha value is -1.35. The van der Waals surface area contributed by atoms with E-state index in [1.165, 1.54) is 32.1 Å². The minimum absolute atomic E-state index is 0.250. The van der Waals surface area contributed by atoms with E-state index in [0.29, 0.717) is 25.6 Å². The van der Waals surface area contributed by atoms with Crippen molar-refractivity contribution >= 4 is 12.4 Å². The van der Waals surface area contributed by atoms with Gasteiger partial charge in [-0.3, -0.25) is 14.5 Å². The molecule has 2 N–H and O–H groups in total. The summed E-state index contributed by atoms with van der Waals surface area (Å²) < 4.78 is 37.3. The summed E-state index contributed by atoms with van der Waals surface area (Å²) in [5, 5.41) is 17.6. The van der Waals surface area contributed by atoms with Crippen LogP contribution >= 0.6 is 0 Å². The van der Waals surface area contributed by atoms with E-state index in [2.05, 4.69) is 4.90 Å². The number of piperidine rings is 2. The van der Waals surface area contributed by atoms with Gasteiger partial charge in [-0.05, 0) is 32.1 Å². The van der Waals surface area contributed by atoms with Crippen molar-refractivity contribution in [3.05, 3.63) is 0 Å². The summed E-state index contributed by atoms with van der Waals surface area (Å²) in [5.41, 5.74) is -0.373. The van der Waals surface area contributed by atoms with Crippen LogP contribution in [0.5, 0.6) is 0 Å². The highest BCUT2D eigenvalue weighted by Gasteiger charge is 2.47. The van der Waals surface area contributed by atoms with Crippen LogP contribution in [0.3, 0.4) is 0 Å². The lowest BCUT2D eigenvalue weighted by Gasteiger charge is -2.53. The normalized spacial score (nSPS) is 29.2. The van der Waals surface area contributed by atoms with Crippen molar-refractivity contribution in [2.45, 2.75) is 82.5 Å². The van der Waals surface area contributed by atoms with E-state index in [0.717, 1.165) is 25.9 Å². The Morgan fingerprint density at radius 2 is 1.72 bits per heavy atom. The molecule has 1 amide bonds.